The van der Waals surface area contributed by atoms with Gasteiger partial charge in [0, 0.05) is 33.1 Å². The zero-order valence-electron chi connectivity index (χ0n) is 9.28. The number of hydrogen-bond donors (Lipinski definition) is 2. The van der Waals surface area contributed by atoms with E-state index < -0.39 is 5.97 Å². The van der Waals surface area contributed by atoms with Gasteiger partial charge in [0.1, 0.15) is 0 Å². The van der Waals surface area contributed by atoms with Crippen LogP contribution in [0.3, 0.4) is 0 Å². The summed E-state index contributed by atoms with van der Waals surface area (Å²) in [5.41, 5.74) is 0. The molecule has 0 heterocycles. The highest BCUT2D eigenvalue weighted by Gasteiger charge is 2.11. The van der Waals surface area contributed by atoms with Crippen LogP contribution in [0.5, 0.6) is 0 Å². The molecule has 15 heavy (non-hydrogen) atoms. The molecular weight excluding hydrogens is 198 g/mol. The van der Waals surface area contributed by atoms with Crippen molar-refractivity contribution < 1.29 is 19.4 Å². The van der Waals surface area contributed by atoms with Crippen molar-refractivity contribution in [2.24, 2.45) is 5.92 Å². The van der Waals surface area contributed by atoms with E-state index in [1.165, 1.54) is 0 Å². The van der Waals surface area contributed by atoms with Crippen molar-refractivity contribution in [3.8, 4) is 0 Å². The standard InChI is InChI=1S/C10H19NO4/c1-8(7-10(13)14)6-9(12)11-4-3-5-15-2/h8H,3-7H2,1-2H3,(H,11,12)(H,13,14). The predicted molar refractivity (Wildman–Crippen MR) is 55.5 cm³/mol. The zero-order chi connectivity index (χ0) is 11.7. The van der Waals surface area contributed by atoms with Crippen molar-refractivity contribution in [2.75, 3.05) is 20.3 Å². The Morgan fingerprint density at radius 1 is 1.40 bits per heavy atom. The fourth-order valence-electron chi connectivity index (χ4n) is 1.20. The Morgan fingerprint density at radius 3 is 2.60 bits per heavy atom. The molecule has 1 atom stereocenters. The van der Waals surface area contributed by atoms with Gasteiger partial charge in [0.05, 0.1) is 0 Å². The van der Waals surface area contributed by atoms with Crippen LogP contribution < -0.4 is 5.32 Å². The molecule has 0 bridgehead atoms. The predicted octanol–water partition coefficient (Wildman–Crippen LogP) is 0.640. The summed E-state index contributed by atoms with van der Waals surface area (Å²) in [6, 6.07) is 0. The van der Waals surface area contributed by atoms with Gasteiger partial charge in [0.25, 0.3) is 0 Å². The molecule has 0 aliphatic carbocycles. The average molecular weight is 217 g/mol. The maximum absolute atomic E-state index is 11.3. The van der Waals surface area contributed by atoms with Crippen molar-refractivity contribution >= 4 is 11.9 Å². The molecule has 0 aliphatic rings. The number of rotatable bonds is 8. The van der Waals surface area contributed by atoms with Crippen molar-refractivity contribution in [2.45, 2.75) is 26.2 Å². The van der Waals surface area contributed by atoms with Gasteiger partial charge < -0.3 is 15.2 Å². The van der Waals surface area contributed by atoms with Gasteiger partial charge in [0.2, 0.25) is 5.91 Å². The van der Waals surface area contributed by atoms with Crippen molar-refractivity contribution in [3.05, 3.63) is 0 Å². The molecule has 1 amide bonds. The summed E-state index contributed by atoms with van der Waals surface area (Å²) in [6.07, 6.45) is 1.07. The van der Waals surface area contributed by atoms with Gasteiger partial charge in [-0.1, -0.05) is 6.92 Å². The topological polar surface area (TPSA) is 75.6 Å². The molecule has 0 aromatic carbocycles. The average Bonchev–Trinajstić information content (AvgIpc) is 2.10. The quantitative estimate of drug-likeness (QED) is 0.585. The van der Waals surface area contributed by atoms with Crippen molar-refractivity contribution in [1.82, 2.24) is 5.32 Å². The highest BCUT2D eigenvalue weighted by Crippen LogP contribution is 2.06. The molecule has 2 N–H and O–H groups in total. The largest absolute Gasteiger partial charge is 0.481 e. The summed E-state index contributed by atoms with van der Waals surface area (Å²) < 4.78 is 4.83. The Balaban J connectivity index is 3.51. The molecule has 1 unspecified atom stereocenters. The zero-order valence-corrected chi connectivity index (χ0v) is 9.28. The van der Waals surface area contributed by atoms with Gasteiger partial charge in [-0.15, -0.1) is 0 Å². The Labute approximate surface area is 89.8 Å². The Morgan fingerprint density at radius 2 is 2.07 bits per heavy atom. The minimum atomic E-state index is -0.866. The summed E-state index contributed by atoms with van der Waals surface area (Å²) in [4.78, 5) is 21.6. The number of amides is 1. The molecular formula is C10H19NO4. The SMILES string of the molecule is COCCCNC(=O)CC(C)CC(=O)O. The summed E-state index contributed by atoms with van der Waals surface area (Å²) in [6.45, 7) is 2.94. The van der Waals surface area contributed by atoms with Crippen LogP contribution in [-0.4, -0.2) is 37.2 Å². The van der Waals surface area contributed by atoms with E-state index in [1.54, 1.807) is 14.0 Å². The second kappa shape index (κ2) is 8.23. The van der Waals surface area contributed by atoms with Gasteiger partial charge >= 0.3 is 5.97 Å². The van der Waals surface area contributed by atoms with Crippen LogP contribution in [0.15, 0.2) is 0 Å². The van der Waals surface area contributed by atoms with E-state index in [4.69, 9.17) is 9.84 Å². The lowest BCUT2D eigenvalue weighted by Crippen LogP contribution is -2.27. The fourth-order valence-corrected chi connectivity index (χ4v) is 1.20. The molecule has 0 radical (unpaired) electrons. The van der Waals surface area contributed by atoms with E-state index in [2.05, 4.69) is 5.32 Å². The van der Waals surface area contributed by atoms with Crippen LogP contribution >= 0.6 is 0 Å². The molecule has 0 saturated heterocycles. The Hall–Kier alpha value is -1.10. The number of carbonyl (C=O) groups excluding carboxylic acids is 1. The smallest absolute Gasteiger partial charge is 0.303 e. The lowest BCUT2D eigenvalue weighted by Gasteiger charge is -2.08. The molecule has 5 heteroatoms. The van der Waals surface area contributed by atoms with Crippen LogP contribution in [0.25, 0.3) is 0 Å². The van der Waals surface area contributed by atoms with Gasteiger partial charge in [-0.25, -0.2) is 0 Å². The van der Waals surface area contributed by atoms with Gasteiger partial charge in [-0.05, 0) is 12.3 Å². The van der Waals surface area contributed by atoms with Gasteiger partial charge in [0.15, 0.2) is 0 Å². The number of methoxy groups -OCH3 is 1. The lowest BCUT2D eigenvalue weighted by molar-refractivity contribution is -0.138. The first-order chi connectivity index (χ1) is 7.06. The maximum atomic E-state index is 11.3. The summed E-state index contributed by atoms with van der Waals surface area (Å²) >= 11 is 0. The number of carboxylic acids is 1. The molecule has 88 valence electrons. The molecule has 0 saturated carbocycles. The molecule has 0 fully saturated rings. The molecule has 5 nitrogen and oxygen atoms in total. The van der Waals surface area contributed by atoms with Crippen molar-refractivity contribution in [3.63, 3.8) is 0 Å². The first-order valence-electron chi connectivity index (χ1n) is 5.03. The summed E-state index contributed by atoms with van der Waals surface area (Å²) in [7, 11) is 1.61. The van der Waals surface area contributed by atoms with Crippen LogP contribution in [0.4, 0.5) is 0 Å². The highest BCUT2D eigenvalue weighted by atomic mass is 16.5. The Kier molecular flexibility index (Phi) is 7.62. The van der Waals surface area contributed by atoms with Crippen LogP contribution in [0, 0.1) is 5.92 Å². The van der Waals surface area contributed by atoms with Gasteiger partial charge in [-0.2, -0.15) is 0 Å². The van der Waals surface area contributed by atoms with E-state index in [-0.39, 0.29) is 24.7 Å². The number of ether oxygens (including phenoxy) is 1. The normalized spacial score (nSPS) is 12.1. The van der Waals surface area contributed by atoms with Crippen molar-refractivity contribution in [1.29, 1.82) is 0 Å². The number of nitrogens with one attached hydrogen (secondary N) is 1. The third kappa shape index (κ3) is 9.21. The second-order valence-corrected chi connectivity index (χ2v) is 3.60. The van der Waals surface area contributed by atoms with Crippen LogP contribution in [-0.2, 0) is 14.3 Å². The van der Waals surface area contributed by atoms with Crippen LogP contribution in [0.2, 0.25) is 0 Å². The summed E-state index contributed by atoms with van der Waals surface area (Å²) in [5.74, 6) is -1.08. The Bertz CT molecular complexity index is 206. The molecule has 0 rings (SSSR count). The van der Waals surface area contributed by atoms with E-state index in [1.807, 2.05) is 0 Å². The molecule has 0 spiro atoms. The maximum Gasteiger partial charge on any atom is 0.303 e. The van der Waals surface area contributed by atoms with E-state index in [0.29, 0.717) is 13.2 Å². The summed E-state index contributed by atoms with van der Waals surface area (Å²) in [5, 5.41) is 11.2. The first kappa shape index (κ1) is 13.9. The fraction of sp³-hybridized carbons (Fsp3) is 0.800. The number of carbonyl (C=O) groups is 2. The minimum Gasteiger partial charge on any atom is -0.481 e. The molecule has 0 aliphatic heterocycles. The van der Waals surface area contributed by atoms with E-state index in [0.717, 1.165) is 6.42 Å². The monoisotopic (exact) mass is 217 g/mol. The first-order valence-corrected chi connectivity index (χ1v) is 5.03. The molecule has 0 aromatic rings. The third-order valence-corrected chi connectivity index (χ3v) is 1.90. The number of carboxylic acid groups (broad SMARTS) is 1. The second-order valence-electron chi connectivity index (χ2n) is 3.60. The number of hydrogen-bond acceptors (Lipinski definition) is 3. The third-order valence-electron chi connectivity index (χ3n) is 1.90. The lowest BCUT2D eigenvalue weighted by atomic mass is 10.0. The highest BCUT2D eigenvalue weighted by molar-refractivity contribution is 5.77. The van der Waals surface area contributed by atoms with Crippen LogP contribution in [0.1, 0.15) is 26.2 Å². The minimum absolute atomic E-state index is 0.0332. The van der Waals surface area contributed by atoms with E-state index in [9.17, 15) is 9.59 Å². The van der Waals surface area contributed by atoms with Gasteiger partial charge in [-0.3, -0.25) is 9.59 Å². The number of aliphatic carboxylic acids is 1. The molecule has 0 aromatic heterocycles. The van der Waals surface area contributed by atoms with E-state index >= 15 is 0 Å².